The highest BCUT2D eigenvalue weighted by Crippen LogP contribution is 2.23. The van der Waals surface area contributed by atoms with E-state index in [1.54, 1.807) is 12.1 Å². The van der Waals surface area contributed by atoms with Crippen molar-refractivity contribution < 1.29 is 14.2 Å². The van der Waals surface area contributed by atoms with Crippen LogP contribution in [-0.4, -0.2) is 48.4 Å². The highest BCUT2D eigenvalue weighted by atomic mass is 19.1. The summed E-state index contributed by atoms with van der Waals surface area (Å²) >= 11 is 0. The number of phenols is 1. The van der Waals surface area contributed by atoms with E-state index >= 15 is 0 Å². The number of halogens is 1. The highest BCUT2D eigenvalue weighted by Gasteiger charge is 2.31. The Morgan fingerprint density at radius 2 is 2.35 bits per heavy atom. The lowest BCUT2D eigenvalue weighted by Gasteiger charge is -2.35. The Morgan fingerprint density at radius 3 is 3.25 bits per heavy atom. The zero-order valence-corrected chi connectivity index (χ0v) is 11.5. The number of rotatable bonds is 4. The van der Waals surface area contributed by atoms with E-state index in [9.17, 15) is 9.50 Å². The number of ether oxygens (including phenoxy) is 1. The van der Waals surface area contributed by atoms with Gasteiger partial charge in [0.05, 0.1) is 12.7 Å². The van der Waals surface area contributed by atoms with Crippen molar-refractivity contribution in [1.82, 2.24) is 10.2 Å². The molecule has 2 atom stereocenters. The van der Waals surface area contributed by atoms with E-state index in [0.717, 1.165) is 19.7 Å². The van der Waals surface area contributed by atoms with Crippen molar-refractivity contribution in [2.75, 3.05) is 26.2 Å². The van der Waals surface area contributed by atoms with Gasteiger partial charge >= 0.3 is 0 Å². The van der Waals surface area contributed by atoms with Gasteiger partial charge in [0, 0.05) is 31.2 Å². The predicted molar refractivity (Wildman–Crippen MR) is 74.1 cm³/mol. The lowest BCUT2D eigenvalue weighted by molar-refractivity contribution is -0.0470. The molecule has 2 heterocycles. The van der Waals surface area contributed by atoms with Gasteiger partial charge in [0.15, 0.2) is 11.6 Å². The average molecular weight is 280 g/mol. The zero-order chi connectivity index (χ0) is 13.9. The number of phenolic OH excluding ortho intramolecular Hbond substituents is 1. The van der Waals surface area contributed by atoms with E-state index in [0.29, 0.717) is 18.2 Å². The molecule has 2 aliphatic heterocycles. The van der Waals surface area contributed by atoms with E-state index in [1.165, 1.54) is 25.5 Å². The summed E-state index contributed by atoms with van der Waals surface area (Å²) in [4.78, 5) is 2.50. The third-order valence-corrected chi connectivity index (χ3v) is 4.22. The van der Waals surface area contributed by atoms with Crippen LogP contribution in [0, 0.1) is 5.82 Å². The van der Waals surface area contributed by atoms with E-state index in [2.05, 4.69) is 10.2 Å². The predicted octanol–water partition coefficient (Wildman–Crippen LogP) is 1.48. The van der Waals surface area contributed by atoms with Crippen LogP contribution in [-0.2, 0) is 11.3 Å². The maximum Gasteiger partial charge on any atom is 0.165 e. The molecule has 2 N–H and O–H groups in total. The van der Waals surface area contributed by atoms with Crippen LogP contribution in [0.4, 0.5) is 4.39 Å². The van der Waals surface area contributed by atoms with Crippen LogP contribution < -0.4 is 5.32 Å². The Bertz CT molecular complexity index is 469. The van der Waals surface area contributed by atoms with Gasteiger partial charge in [0.25, 0.3) is 0 Å². The Labute approximate surface area is 118 Å². The van der Waals surface area contributed by atoms with Crippen LogP contribution in [0.25, 0.3) is 0 Å². The van der Waals surface area contributed by atoms with Gasteiger partial charge in [-0.15, -0.1) is 0 Å². The van der Waals surface area contributed by atoms with Crippen LogP contribution in [0.2, 0.25) is 0 Å². The standard InChI is InChI=1S/C15H21FN2O2/c16-14-5-1-3-11(15(14)19)7-17-8-13-9-18-6-2-4-12(18)10-20-13/h1,3,5,12-13,17,19H,2,4,6-10H2. The summed E-state index contributed by atoms with van der Waals surface area (Å²) in [6.07, 6.45) is 2.70. The number of aromatic hydroxyl groups is 1. The fourth-order valence-corrected chi connectivity index (χ4v) is 3.08. The van der Waals surface area contributed by atoms with Crippen molar-refractivity contribution in [3.8, 4) is 5.75 Å². The first-order valence-corrected chi connectivity index (χ1v) is 7.27. The summed E-state index contributed by atoms with van der Waals surface area (Å²) in [6, 6.07) is 5.21. The van der Waals surface area contributed by atoms with E-state index in [1.807, 2.05) is 0 Å². The molecule has 5 heteroatoms. The fourth-order valence-electron chi connectivity index (χ4n) is 3.08. The first-order chi connectivity index (χ1) is 9.74. The molecular weight excluding hydrogens is 259 g/mol. The van der Waals surface area contributed by atoms with Crippen molar-refractivity contribution in [1.29, 1.82) is 0 Å². The molecule has 0 bridgehead atoms. The van der Waals surface area contributed by atoms with Crippen LogP contribution in [0.15, 0.2) is 18.2 Å². The summed E-state index contributed by atoms with van der Waals surface area (Å²) in [6.45, 7) is 4.13. The molecule has 2 aliphatic rings. The summed E-state index contributed by atoms with van der Waals surface area (Å²) in [5, 5.41) is 12.8. The third-order valence-electron chi connectivity index (χ3n) is 4.22. The Hall–Kier alpha value is -1.17. The van der Waals surface area contributed by atoms with Crippen LogP contribution in [0.1, 0.15) is 18.4 Å². The molecule has 2 saturated heterocycles. The normalized spacial score (nSPS) is 26.6. The second-order valence-corrected chi connectivity index (χ2v) is 5.62. The van der Waals surface area contributed by atoms with Crippen molar-refractivity contribution in [2.45, 2.75) is 31.5 Å². The SMILES string of the molecule is Oc1c(F)cccc1CNCC1CN2CCCC2CO1. The molecule has 3 rings (SSSR count). The van der Waals surface area contributed by atoms with Gasteiger partial charge in [-0.3, -0.25) is 4.90 Å². The highest BCUT2D eigenvalue weighted by molar-refractivity contribution is 5.33. The molecule has 0 aromatic heterocycles. The van der Waals surface area contributed by atoms with Crippen molar-refractivity contribution in [3.05, 3.63) is 29.6 Å². The van der Waals surface area contributed by atoms with E-state index < -0.39 is 5.82 Å². The van der Waals surface area contributed by atoms with Crippen LogP contribution in [0.5, 0.6) is 5.75 Å². The number of hydrogen-bond acceptors (Lipinski definition) is 4. The minimum Gasteiger partial charge on any atom is -0.505 e. The van der Waals surface area contributed by atoms with Crippen molar-refractivity contribution >= 4 is 0 Å². The number of fused-ring (bicyclic) bond motifs is 1. The molecule has 0 aliphatic carbocycles. The summed E-state index contributed by atoms with van der Waals surface area (Å²) in [7, 11) is 0. The maximum absolute atomic E-state index is 13.2. The minimum absolute atomic E-state index is 0.181. The van der Waals surface area contributed by atoms with Gasteiger partial charge < -0.3 is 15.2 Å². The van der Waals surface area contributed by atoms with Gasteiger partial charge in [0.2, 0.25) is 0 Å². The second kappa shape index (κ2) is 6.08. The smallest absolute Gasteiger partial charge is 0.165 e. The number of benzene rings is 1. The van der Waals surface area contributed by atoms with E-state index in [-0.39, 0.29) is 11.9 Å². The number of morpholine rings is 1. The zero-order valence-electron chi connectivity index (χ0n) is 11.5. The number of nitrogens with zero attached hydrogens (tertiary/aromatic N) is 1. The van der Waals surface area contributed by atoms with Gasteiger partial charge in [-0.1, -0.05) is 12.1 Å². The summed E-state index contributed by atoms with van der Waals surface area (Å²) < 4.78 is 19.0. The van der Waals surface area contributed by atoms with Crippen LogP contribution in [0.3, 0.4) is 0 Å². The molecule has 20 heavy (non-hydrogen) atoms. The fraction of sp³-hybridized carbons (Fsp3) is 0.600. The number of hydrogen-bond donors (Lipinski definition) is 2. The average Bonchev–Trinajstić information content (AvgIpc) is 2.91. The topological polar surface area (TPSA) is 44.7 Å². The molecule has 0 radical (unpaired) electrons. The third kappa shape index (κ3) is 2.95. The number of nitrogens with one attached hydrogen (secondary N) is 1. The first-order valence-electron chi connectivity index (χ1n) is 7.27. The van der Waals surface area contributed by atoms with E-state index in [4.69, 9.17) is 4.74 Å². The molecule has 2 unspecified atom stereocenters. The number of para-hydroxylation sites is 1. The first kappa shape index (κ1) is 13.8. The lowest BCUT2D eigenvalue weighted by atomic mass is 10.1. The van der Waals surface area contributed by atoms with Gasteiger partial charge in [-0.05, 0) is 25.5 Å². The Balaban J connectivity index is 1.47. The molecule has 2 fully saturated rings. The molecule has 4 nitrogen and oxygen atoms in total. The molecule has 1 aromatic rings. The molecule has 0 amide bonds. The van der Waals surface area contributed by atoms with Crippen LogP contribution >= 0.6 is 0 Å². The quantitative estimate of drug-likeness (QED) is 0.877. The second-order valence-electron chi connectivity index (χ2n) is 5.62. The Kier molecular flexibility index (Phi) is 4.19. The minimum atomic E-state index is -0.571. The summed E-state index contributed by atoms with van der Waals surface area (Å²) in [5.74, 6) is -0.831. The Morgan fingerprint density at radius 1 is 1.45 bits per heavy atom. The van der Waals surface area contributed by atoms with Gasteiger partial charge in [-0.2, -0.15) is 0 Å². The maximum atomic E-state index is 13.2. The summed E-state index contributed by atoms with van der Waals surface area (Å²) in [5.41, 5.74) is 0.583. The molecule has 0 spiro atoms. The van der Waals surface area contributed by atoms with Crippen molar-refractivity contribution in [2.24, 2.45) is 0 Å². The molecule has 0 saturated carbocycles. The van der Waals surface area contributed by atoms with Gasteiger partial charge in [-0.25, -0.2) is 4.39 Å². The monoisotopic (exact) mass is 280 g/mol. The lowest BCUT2D eigenvalue weighted by Crippen LogP contribution is -2.49. The molecule has 110 valence electrons. The molecular formula is C15H21FN2O2. The molecule has 1 aromatic carbocycles. The van der Waals surface area contributed by atoms with Gasteiger partial charge in [0.1, 0.15) is 0 Å². The van der Waals surface area contributed by atoms with Crippen molar-refractivity contribution in [3.63, 3.8) is 0 Å². The largest absolute Gasteiger partial charge is 0.505 e.